The van der Waals surface area contributed by atoms with E-state index in [-0.39, 0.29) is 11.7 Å². The second-order valence-electron chi connectivity index (χ2n) is 3.89. The summed E-state index contributed by atoms with van der Waals surface area (Å²) < 4.78 is 5.17. The van der Waals surface area contributed by atoms with Crippen LogP contribution in [0.3, 0.4) is 0 Å². The summed E-state index contributed by atoms with van der Waals surface area (Å²) in [4.78, 5) is 12.1. The van der Waals surface area contributed by atoms with Crippen molar-refractivity contribution in [1.29, 1.82) is 0 Å². The molecule has 88 valence electrons. The molecule has 0 amide bonds. The van der Waals surface area contributed by atoms with Gasteiger partial charge < -0.3 is 4.74 Å². The fourth-order valence-electron chi connectivity index (χ4n) is 1.50. The molecule has 16 heavy (non-hydrogen) atoms. The molecule has 0 radical (unpaired) electrons. The van der Waals surface area contributed by atoms with E-state index in [0.717, 1.165) is 0 Å². The predicted molar refractivity (Wildman–Crippen MR) is 66.4 cm³/mol. The molecule has 0 heterocycles. The van der Waals surface area contributed by atoms with E-state index in [1.165, 1.54) is 7.11 Å². The lowest BCUT2D eigenvalue weighted by Gasteiger charge is -2.17. The van der Waals surface area contributed by atoms with Crippen LogP contribution in [-0.2, 0) is 4.74 Å². The zero-order valence-corrected chi connectivity index (χ0v) is 11.0. The third-order valence-corrected chi connectivity index (χ3v) is 3.06. The standard InChI is InChI=1S/C12H14Cl2O2/c1-7(2)12(16-3)11(15)8-4-5-9(13)10(14)6-8/h4-7,12H,1-3H3. The molecule has 0 saturated heterocycles. The van der Waals surface area contributed by atoms with Crippen LogP contribution in [0.25, 0.3) is 0 Å². The van der Waals surface area contributed by atoms with Crippen LogP contribution in [0, 0.1) is 5.92 Å². The van der Waals surface area contributed by atoms with E-state index in [0.29, 0.717) is 15.6 Å². The minimum Gasteiger partial charge on any atom is -0.373 e. The summed E-state index contributed by atoms with van der Waals surface area (Å²) in [5.74, 6) is 0.0445. The summed E-state index contributed by atoms with van der Waals surface area (Å²) in [6.45, 7) is 3.87. The molecule has 0 fully saturated rings. The minimum atomic E-state index is -0.447. The number of Topliss-reactive ketones (excluding diaryl/α,β-unsaturated/α-hetero) is 1. The molecule has 1 aromatic carbocycles. The van der Waals surface area contributed by atoms with E-state index in [9.17, 15) is 4.79 Å². The Kier molecular flexibility index (Phi) is 4.78. The topological polar surface area (TPSA) is 26.3 Å². The number of ether oxygens (including phenoxy) is 1. The van der Waals surface area contributed by atoms with Crippen molar-refractivity contribution in [3.63, 3.8) is 0 Å². The molecular weight excluding hydrogens is 247 g/mol. The van der Waals surface area contributed by atoms with Crippen molar-refractivity contribution >= 4 is 29.0 Å². The molecule has 4 heteroatoms. The number of halogens is 2. The Morgan fingerprint density at radius 1 is 1.25 bits per heavy atom. The monoisotopic (exact) mass is 260 g/mol. The number of carbonyl (C=O) groups excluding carboxylic acids is 1. The van der Waals surface area contributed by atoms with Gasteiger partial charge in [-0.25, -0.2) is 0 Å². The van der Waals surface area contributed by atoms with Crippen molar-refractivity contribution in [2.45, 2.75) is 20.0 Å². The van der Waals surface area contributed by atoms with E-state index in [1.807, 2.05) is 13.8 Å². The molecule has 1 rings (SSSR count). The maximum absolute atomic E-state index is 12.1. The SMILES string of the molecule is COC(C(=O)c1ccc(Cl)c(Cl)c1)C(C)C. The van der Waals surface area contributed by atoms with Crippen molar-refractivity contribution in [3.8, 4) is 0 Å². The van der Waals surface area contributed by atoms with Crippen LogP contribution in [0.2, 0.25) is 10.0 Å². The smallest absolute Gasteiger partial charge is 0.191 e. The van der Waals surface area contributed by atoms with Gasteiger partial charge in [0.15, 0.2) is 5.78 Å². The van der Waals surface area contributed by atoms with Crippen LogP contribution in [0.5, 0.6) is 0 Å². The maximum Gasteiger partial charge on any atom is 0.191 e. The second-order valence-corrected chi connectivity index (χ2v) is 4.71. The van der Waals surface area contributed by atoms with Gasteiger partial charge in [0.2, 0.25) is 0 Å². The van der Waals surface area contributed by atoms with E-state index in [2.05, 4.69) is 0 Å². The van der Waals surface area contributed by atoms with Gasteiger partial charge in [-0.15, -0.1) is 0 Å². The first-order valence-electron chi connectivity index (χ1n) is 4.99. The number of methoxy groups -OCH3 is 1. The summed E-state index contributed by atoms with van der Waals surface area (Å²) in [5.41, 5.74) is 0.523. The molecule has 0 spiro atoms. The van der Waals surface area contributed by atoms with Crippen molar-refractivity contribution in [2.24, 2.45) is 5.92 Å². The third-order valence-electron chi connectivity index (χ3n) is 2.32. The first-order chi connectivity index (χ1) is 7.47. The van der Waals surface area contributed by atoms with Crippen LogP contribution in [0.4, 0.5) is 0 Å². The van der Waals surface area contributed by atoms with E-state index < -0.39 is 6.10 Å². The number of rotatable bonds is 4. The highest BCUT2D eigenvalue weighted by Gasteiger charge is 2.23. The lowest BCUT2D eigenvalue weighted by atomic mass is 9.98. The fraction of sp³-hybridized carbons (Fsp3) is 0.417. The lowest BCUT2D eigenvalue weighted by molar-refractivity contribution is 0.0459. The number of ketones is 1. The first-order valence-corrected chi connectivity index (χ1v) is 5.75. The highest BCUT2D eigenvalue weighted by Crippen LogP contribution is 2.24. The van der Waals surface area contributed by atoms with Crippen LogP contribution in [0.15, 0.2) is 18.2 Å². The molecule has 0 bridgehead atoms. The third kappa shape index (κ3) is 2.97. The van der Waals surface area contributed by atoms with E-state index >= 15 is 0 Å². The molecule has 0 aromatic heterocycles. The van der Waals surface area contributed by atoms with Gasteiger partial charge in [-0.05, 0) is 24.1 Å². The summed E-state index contributed by atoms with van der Waals surface area (Å²) in [6, 6.07) is 4.84. The van der Waals surface area contributed by atoms with Crippen molar-refractivity contribution in [1.82, 2.24) is 0 Å². The summed E-state index contributed by atoms with van der Waals surface area (Å²) >= 11 is 11.6. The van der Waals surface area contributed by atoms with Crippen LogP contribution in [0.1, 0.15) is 24.2 Å². The minimum absolute atomic E-state index is 0.0731. The van der Waals surface area contributed by atoms with Crippen LogP contribution in [-0.4, -0.2) is 19.0 Å². The molecule has 1 unspecified atom stereocenters. The summed E-state index contributed by atoms with van der Waals surface area (Å²) in [5, 5.41) is 0.822. The van der Waals surface area contributed by atoms with Crippen LogP contribution >= 0.6 is 23.2 Å². The lowest BCUT2D eigenvalue weighted by Crippen LogP contribution is -2.28. The molecule has 0 aliphatic heterocycles. The average molecular weight is 261 g/mol. The molecule has 1 aromatic rings. The highest BCUT2D eigenvalue weighted by molar-refractivity contribution is 6.42. The highest BCUT2D eigenvalue weighted by atomic mass is 35.5. The Bertz CT molecular complexity index is 389. The molecule has 0 N–H and O–H groups in total. The Balaban J connectivity index is 2.99. The molecule has 0 saturated carbocycles. The first kappa shape index (κ1) is 13.5. The number of benzene rings is 1. The number of hydrogen-bond donors (Lipinski definition) is 0. The average Bonchev–Trinajstić information content (AvgIpc) is 2.22. The van der Waals surface area contributed by atoms with E-state index in [1.54, 1.807) is 18.2 Å². The molecule has 1 atom stereocenters. The predicted octanol–water partition coefficient (Wildman–Crippen LogP) is 3.85. The Labute approximate surface area is 106 Å². The largest absolute Gasteiger partial charge is 0.373 e. The zero-order valence-electron chi connectivity index (χ0n) is 9.46. The number of hydrogen-bond acceptors (Lipinski definition) is 2. The van der Waals surface area contributed by atoms with Crippen molar-refractivity contribution in [3.05, 3.63) is 33.8 Å². The Morgan fingerprint density at radius 2 is 1.88 bits per heavy atom. The molecule has 2 nitrogen and oxygen atoms in total. The normalized spacial score (nSPS) is 12.9. The zero-order chi connectivity index (χ0) is 12.3. The molecule has 0 aliphatic rings. The molecular formula is C12H14Cl2O2. The Hall–Kier alpha value is -0.570. The van der Waals surface area contributed by atoms with Gasteiger partial charge in [-0.1, -0.05) is 37.0 Å². The fourth-order valence-corrected chi connectivity index (χ4v) is 1.79. The van der Waals surface area contributed by atoms with Crippen molar-refractivity contribution < 1.29 is 9.53 Å². The van der Waals surface area contributed by atoms with Gasteiger partial charge >= 0.3 is 0 Å². The van der Waals surface area contributed by atoms with E-state index in [4.69, 9.17) is 27.9 Å². The van der Waals surface area contributed by atoms with Crippen LogP contribution < -0.4 is 0 Å². The van der Waals surface area contributed by atoms with Gasteiger partial charge in [-0.2, -0.15) is 0 Å². The van der Waals surface area contributed by atoms with Gasteiger partial charge in [0, 0.05) is 12.7 Å². The van der Waals surface area contributed by atoms with Crippen molar-refractivity contribution in [2.75, 3.05) is 7.11 Å². The number of carbonyl (C=O) groups is 1. The summed E-state index contributed by atoms with van der Waals surface area (Å²) in [7, 11) is 1.53. The summed E-state index contributed by atoms with van der Waals surface area (Å²) in [6.07, 6.45) is -0.447. The maximum atomic E-state index is 12.1. The second kappa shape index (κ2) is 5.67. The van der Waals surface area contributed by atoms with Gasteiger partial charge in [0.05, 0.1) is 10.0 Å². The molecule has 0 aliphatic carbocycles. The Morgan fingerprint density at radius 3 is 2.31 bits per heavy atom. The van der Waals surface area contributed by atoms with Gasteiger partial charge in [0.1, 0.15) is 6.10 Å². The van der Waals surface area contributed by atoms with Gasteiger partial charge in [-0.3, -0.25) is 4.79 Å². The quantitative estimate of drug-likeness (QED) is 0.769. The van der Waals surface area contributed by atoms with Gasteiger partial charge in [0.25, 0.3) is 0 Å².